The summed E-state index contributed by atoms with van der Waals surface area (Å²) in [5.41, 5.74) is 2.19. The van der Waals surface area contributed by atoms with E-state index in [9.17, 15) is 4.79 Å². The Bertz CT molecular complexity index is 803. The molecule has 2 atom stereocenters. The lowest BCUT2D eigenvalue weighted by atomic mass is 10.1. The summed E-state index contributed by atoms with van der Waals surface area (Å²) >= 11 is 0. The van der Waals surface area contributed by atoms with Crippen LogP contribution in [0.15, 0.2) is 54.6 Å². The van der Waals surface area contributed by atoms with E-state index in [0.717, 1.165) is 37.5 Å². The van der Waals surface area contributed by atoms with E-state index in [2.05, 4.69) is 29.2 Å². The molecule has 3 aliphatic rings. The number of hydrogen-bond donors (Lipinski definition) is 0. The molecule has 0 radical (unpaired) electrons. The quantitative estimate of drug-likeness (QED) is 0.848. The molecular weight excluding hydrogens is 324 g/mol. The highest BCUT2D eigenvalue weighted by molar-refractivity contribution is 5.99. The standard InChI is InChI=1S/C22H24N2O2/c25-22-20-12-18(15-23(20)13-16-6-2-1-3-7-16)26-21-9-5-4-8-19(21)24(22)14-17-10-11-17/h1-9,17-18,20H,10-15H2/t18-,20-/m0/s1. The second kappa shape index (κ2) is 6.44. The monoisotopic (exact) mass is 348 g/mol. The summed E-state index contributed by atoms with van der Waals surface area (Å²) in [6.45, 7) is 2.42. The summed E-state index contributed by atoms with van der Waals surface area (Å²) in [7, 11) is 0. The smallest absolute Gasteiger partial charge is 0.244 e. The van der Waals surface area contributed by atoms with Crippen LogP contribution in [0, 0.1) is 5.92 Å². The maximum atomic E-state index is 13.5. The van der Waals surface area contributed by atoms with Crippen molar-refractivity contribution in [3.05, 3.63) is 60.2 Å². The average molecular weight is 348 g/mol. The Morgan fingerprint density at radius 1 is 1.00 bits per heavy atom. The number of nitrogens with zero attached hydrogens (tertiary/aromatic N) is 2. The van der Waals surface area contributed by atoms with Gasteiger partial charge in [0.1, 0.15) is 11.9 Å². The van der Waals surface area contributed by atoms with Gasteiger partial charge in [-0.3, -0.25) is 9.69 Å². The Labute approximate surface area is 154 Å². The van der Waals surface area contributed by atoms with Gasteiger partial charge in [-0.15, -0.1) is 0 Å². The fourth-order valence-corrected chi connectivity index (χ4v) is 4.20. The van der Waals surface area contributed by atoms with Gasteiger partial charge >= 0.3 is 0 Å². The summed E-state index contributed by atoms with van der Waals surface area (Å²) in [6.07, 6.45) is 3.32. The van der Waals surface area contributed by atoms with Crippen molar-refractivity contribution in [2.75, 3.05) is 18.0 Å². The zero-order valence-electron chi connectivity index (χ0n) is 14.9. The van der Waals surface area contributed by atoms with Crippen molar-refractivity contribution in [1.29, 1.82) is 0 Å². The third-order valence-electron chi connectivity index (χ3n) is 5.73. The number of fused-ring (bicyclic) bond motifs is 3. The third kappa shape index (κ3) is 2.99. The Balaban J connectivity index is 1.47. The summed E-state index contributed by atoms with van der Waals surface area (Å²) in [6, 6.07) is 18.3. The molecule has 2 aromatic carbocycles. The molecule has 1 aliphatic carbocycles. The van der Waals surface area contributed by atoms with Gasteiger partial charge in [-0.1, -0.05) is 42.5 Å². The van der Waals surface area contributed by atoms with E-state index in [1.807, 2.05) is 35.2 Å². The lowest BCUT2D eigenvalue weighted by molar-refractivity contribution is -0.123. The van der Waals surface area contributed by atoms with Crippen LogP contribution in [-0.2, 0) is 11.3 Å². The number of amides is 1. The van der Waals surface area contributed by atoms with Gasteiger partial charge in [-0.2, -0.15) is 0 Å². The molecule has 2 heterocycles. The molecule has 2 aliphatic heterocycles. The molecule has 0 spiro atoms. The first-order valence-electron chi connectivity index (χ1n) is 9.63. The van der Waals surface area contributed by atoms with Gasteiger partial charge in [0.2, 0.25) is 5.91 Å². The number of carbonyl (C=O) groups excluding carboxylic acids is 1. The number of carbonyl (C=O) groups is 1. The lowest BCUT2D eigenvalue weighted by Crippen LogP contribution is -2.46. The van der Waals surface area contributed by atoms with Crippen molar-refractivity contribution in [2.24, 2.45) is 5.92 Å². The number of ether oxygens (including phenoxy) is 1. The second-order valence-electron chi connectivity index (χ2n) is 7.77. The average Bonchev–Trinajstić information content (AvgIpc) is 3.39. The van der Waals surface area contributed by atoms with Crippen LogP contribution in [0.4, 0.5) is 5.69 Å². The minimum Gasteiger partial charge on any atom is -0.487 e. The van der Waals surface area contributed by atoms with E-state index in [0.29, 0.717) is 5.92 Å². The molecule has 2 bridgehead atoms. The van der Waals surface area contributed by atoms with Crippen LogP contribution in [0.1, 0.15) is 24.8 Å². The van der Waals surface area contributed by atoms with Crippen molar-refractivity contribution < 1.29 is 9.53 Å². The minimum absolute atomic E-state index is 0.0805. The molecule has 1 amide bonds. The summed E-state index contributed by atoms with van der Waals surface area (Å²) in [4.78, 5) is 17.8. The van der Waals surface area contributed by atoms with Crippen LogP contribution in [-0.4, -0.2) is 36.0 Å². The molecule has 4 nitrogen and oxygen atoms in total. The van der Waals surface area contributed by atoms with Crippen molar-refractivity contribution >= 4 is 11.6 Å². The van der Waals surface area contributed by atoms with Crippen LogP contribution >= 0.6 is 0 Å². The van der Waals surface area contributed by atoms with Crippen LogP contribution in [0.2, 0.25) is 0 Å². The Hall–Kier alpha value is -2.33. The molecule has 2 aromatic rings. The molecule has 0 unspecified atom stereocenters. The number of benzene rings is 2. The molecule has 1 saturated carbocycles. The largest absolute Gasteiger partial charge is 0.487 e. The van der Waals surface area contributed by atoms with Crippen molar-refractivity contribution in [1.82, 2.24) is 4.90 Å². The van der Waals surface area contributed by atoms with Gasteiger partial charge in [0, 0.05) is 26.1 Å². The van der Waals surface area contributed by atoms with E-state index in [1.54, 1.807) is 0 Å². The zero-order valence-corrected chi connectivity index (χ0v) is 14.9. The minimum atomic E-state index is -0.0905. The normalized spacial score (nSPS) is 25.4. The maximum Gasteiger partial charge on any atom is 0.244 e. The molecule has 134 valence electrons. The maximum absolute atomic E-state index is 13.5. The topological polar surface area (TPSA) is 32.8 Å². The van der Waals surface area contributed by atoms with E-state index in [4.69, 9.17) is 4.74 Å². The van der Waals surface area contributed by atoms with Gasteiger partial charge < -0.3 is 9.64 Å². The first-order valence-corrected chi connectivity index (χ1v) is 9.63. The number of anilines is 1. The fourth-order valence-electron chi connectivity index (χ4n) is 4.20. The van der Waals surface area contributed by atoms with Crippen LogP contribution in [0.3, 0.4) is 0 Å². The predicted octanol–water partition coefficient (Wildman–Crippen LogP) is 3.47. The van der Waals surface area contributed by atoms with Crippen LogP contribution < -0.4 is 9.64 Å². The van der Waals surface area contributed by atoms with Crippen LogP contribution in [0.25, 0.3) is 0 Å². The predicted molar refractivity (Wildman–Crippen MR) is 101 cm³/mol. The molecule has 0 aromatic heterocycles. The van der Waals surface area contributed by atoms with E-state index in [-0.39, 0.29) is 18.1 Å². The van der Waals surface area contributed by atoms with Gasteiger partial charge in [0.15, 0.2) is 0 Å². The number of hydrogen-bond acceptors (Lipinski definition) is 3. The highest BCUT2D eigenvalue weighted by Gasteiger charge is 2.43. The second-order valence-corrected chi connectivity index (χ2v) is 7.77. The highest BCUT2D eigenvalue weighted by Crippen LogP contribution is 2.39. The van der Waals surface area contributed by atoms with Gasteiger partial charge in [-0.25, -0.2) is 0 Å². The van der Waals surface area contributed by atoms with Crippen LogP contribution in [0.5, 0.6) is 5.75 Å². The van der Waals surface area contributed by atoms with Crippen molar-refractivity contribution in [2.45, 2.75) is 38.0 Å². The lowest BCUT2D eigenvalue weighted by Gasteiger charge is -2.32. The number of likely N-dealkylation sites (tertiary alicyclic amines) is 1. The summed E-state index contributed by atoms with van der Waals surface area (Å²) < 4.78 is 6.34. The zero-order chi connectivity index (χ0) is 17.5. The molecule has 2 fully saturated rings. The van der Waals surface area contributed by atoms with E-state index < -0.39 is 0 Å². The SMILES string of the molecule is O=C1[C@@H]2C[C@@H](CN2Cc2ccccc2)Oc2ccccc2N1CC1CC1. The first kappa shape index (κ1) is 15.9. The van der Waals surface area contributed by atoms with E-state index >= 15 is 0 Å². The molecule has 0 N–H and O–H groups in total. The first-order chi connectivity index (χ1) is 12.8. The molecule has 1 saturated heterocycles. The number of para-hydroxylation sites is 2. The highest BCUT2D eigenvalue weighted by atomic mass is 16.5. The van der Waals surface area contributed by atoms with Crippen molar-refractivity contribution in [3.63, 3.8) is 0 Å². The Morgan fingerprint density at radius 2 is 1.77 bits per heavy atom. The van der Waals surface area contributed by atoms with Gasteiger partial charge in [-0.05, 0) is 36.5 Å². The summed E-state index contributed by atoms with van der Waals surface area (Å²) in [5, 5.41) is 0. The Morgan fingerprint density at radius 3 is 2.58 bits per heavy atom. The molecule has 4 heteroatoms. The van der Waals surface area contributed by atoms with Crippen molar-refractivity contribution in [3.8, 4) is 5.75 Å². The number of rotatable bonds is 4. The third-order valence-corrected chi connectivity index (χ3v) is 5.73. The molecule has 26 heavy (non-hydrogen) atoms. The van der Waals surface area contributed by atoms with E-state index in [1.165, 1.54) is 18.4 Å². The molecule has 5 rings (SSSR count). The van der Waals surface area contributed by atoms with Gasteiger partial charge in [0.25, 0.3) is 0 Å². The van der Waals surface area contributed by atoms with Gasteiger partial charge in [0.05, 0.1) is 11.7 Å². The Kier molecular flexibility index (Phi) is 3.93. The summed E-state index contributed by atoms with van der Waals surface area (Å²) in [5.74, 6) is 1.74. The fraction of sp³-hybridized carbons (Fsp3) is 0.409. The molecular formula is C22H24N2O2.